The number of ether oxygens (including phenoxy) is 1. The third kappa shape index (κ3) is 4.98. The Balaban J connectivity index is 1.62. The van der Waals surface area contributed by atoms with Crippen LogP contribution < -0.4 is 5.32 Å². The van der Waals surface area contributed by atoms with Crippen molar-refractivity contribution in [2.45, 2.75) is 46.1 Å². The number of thioether (sulfide) groups is 1. The number of methoxy groups -OCH3 is 1. The van der Waals surface area contributed by atoms with Crippen LogP contribution in [-0.2, 0) is 20.7 Å². The zero-order valence-corrected chi connectivity index (χ0v) is 21.5. The fourth-order valence-corrected chi connectivity index (χ4v) is 5.99. The molecule has 8 heteroatoms. The summed E-state index contributed by atoms with van der Waals surface area (Å²) in [6, 6.07) is 9.93. The van der Waals surface area contributed by atoms with Gasteiger partial charge in [-0.3, -0.25) is 4.79 Å². The van der Waals surface area contributed by atoms with E-state index in [4.69, 9.17) is 9.73 Å². The maximum Gasteiger partial charge on any atom is 0.338 e. The van der Waals surface area contributed by atoms with Gasteiger partial charge in [-0.2, -0.15) is 0 Å². The van der Waals surface area contributed by atoms with Gasteiger partial charge in [0.25, 0.3) is 0 Å². The van der Waals surface area contributed by atoms with Crippen molar-refractivity contribution in [3.8, 4) is 0 Å². The minimum absolute atomic E-state index is 0.0473. The highest BCUT2D eigenvalue weighted by Crippen LogP contribution is 2.46. The van der Waals surface area contributed by atoms with Crippen LogP contribution >= 0.6 is 23.1 Å². The molecule has 1 amide bonds. The van der Waals surface area contributed by atoms with E-state index in [9.17, 15) is 9.59 Å². The Kier molecular flexibility index (Phi) is 7.58. The zero-order chi connectivity index (χ0) is 24.2. The van der Waals surface area contributed by atoms with E-state index in [0.717, 1.165) is 39.7 Å². The third-order valence-corrected chi connectivity index (χ3v) is 7.79. The molecule has 1 atom stereocenters. The molecule has 178 valence electrons. The number of nitrogens with zero attached hydrogens (tertiary/aromatic N) is 2. The van der Waals surface area contributed by atoms with Gasteiger partial charge in [-0.25, -0.2) is 9.79 Å². The lowest BCUT2D eigenvalue weighted by atomic mass is 9.89. The summed E-state index contributed by atoms with van der Waals surface area (Å²) in [5.41, 5.74) is 5.34. The van der Waals surface area contributed by atoms with Crippen LogP contribution in [-0.4, -0.2) is 35.6 Å². The lowest BCUT2D eigenvalue weighted by molar-refractivity contribution is -0.136. The first-order valence-corrected chi connectivity index (χ1v) is 13.1. The first-order chi connectivity index (χ1) is 16.4. The van der Waals surface area contributed by atoms with E-state index in [1.807, 2.05) is 28.7 Å². The minimum Gasteiger partial charge on any atom is -0.466 e. The Morgan fingerprint density at radius 2 is 2.06 bits per heavy atom. The van der Waals surface area contributed by atoms with E-state index >= 15 is 0 Å². The van der Waals surface area contributed by atoms with E-state index in [0.29, 0.717) is 18.5 Å². The highest BCUT2D eigenvalue weighted by molar-refractivity contribution is 8.16. The van der Waals surface area contributed by atoms with Crippen LogP contribution in [0.4, 0.5) is 0 Å². The lowest BCUT2D eigenvalue weighted by Gasteiger charge is -2.37. The van der Waals surface area contributed by atoms with Gasteiger partial charge in [0.2, 0.25) is 5.91 Å². The number of hydrogen-bond acceptors (Lipinski definition) is 7. The van der Waals surface area contributed by atoms with Gasteiger partial charge in [-0.15, -0.1) is 11.3 Å². The molecule has 3 heterocycles. The summed E-state index contributed by atoms with van der Waals surface area (Å²) in [4.78, 5) is 33.9. The Bertz CT molecular complexity index is 1180. The zero-order valence-electron chi connectivity index (χ0n) is 19.9. The van der Waals surface area contributed by atoms with E-state index in [1.54, 1.807) is 11.3 Å². The quantitative estimate of drug-likeness (QED) is 0.507. The van der Waals surface area contributed by atoms with Crippen molar-refractivity contribution < 1.29 is 14.3 Å². The number of aliphatic imine (C=N–C) groups is 1. The fraction of sp³-hybridized carbons (Fsp3) is 0.346. The molecule has 0 saturated carbocycles. The highest BCUT2D eigenvalue weighted by Gasteiger charge is 2.41. The van der Waals surface area contributed by atoms with E-state index in [1.165, 1.54) is 23.7 Å². The largest absolute Gasteiger partial charge is 0.466 e. The second-order valence-electron chi connectivity index (χ2n) is 8.32. The van der Waals surface area contributed by atoms with Crippen LogP contribution in [0, 0.1) is 13.8 Å². The van der Waals surface area contributed by atoms with Gasteiger partial charge in [0.1, 0.15) is 0 Å². The number of aryl methyl sites for hydroxylation is 2. The summed E-state index contributed by atoms with van der Waals surface area (Å²) in [6.45, 7) is 6.69. The monoisotopic (exact) mass is 495 g/mol. The summed E-state index contributed by atoms with van der Waals surface area (Å²) in [7, 11) is 1.40. The van der Waals surface area contributed by atoms with Gasteiger partial charge in [0, 0.05) is 17.1 Å². The number of esters is 1. The number of rotatable bonds is 8. The molecule has 0 saturated heterocycles. The Labute approximate surface area is 208 Å². The van der Waals surface area contributed by atoms with Crippen LogP contribution in [0.5, 0.6) is 0 Å². The molecule has 0 fully saturated rings. The van der Waals surface area contributed by atoms with Crippen LogP contribution in [0.1, 0.15) is 47.4 Å². The first-order valence-electron chi connectivity index (χ1n) is 11.3. The Morgan fingerprint density at radius 3 is 2.74 bits per heavy atom. The van der Waals surface area contributed by atoms with Crippen molar-refractivity contribution in [2.24, 2.45) is 4.99 Å². The third-order valence-electron chi connectivity index (χ3n) is 5.96. The molecular weight excluding hydrogens is 466 g/mol. The number of hydrogen-bond donors (Lipinski definition) is 1. The highest BCUT2D eigenvalue weighted by atomic mass is 32.2. The average Bonchev–Trinajstić information content (AvgIpc) is 3.48. The summed E-state index contributed by atoms with van der Waals surface area (Å²) in [6.07, 6.45) is 1.64. The smallest absolute Gasteiger partial charge is 0.338 e. The molecule has 1 aromatic heterocycles. The van der Waals surface area contributed by atoms with Gasteiger partial charge >= 0.3 is 5.97 Å². The molecule has 4 rings (SSSR count). The Morgan fingerprint density at radius 1 is 1.24 bits per heavy atom. The predicted octanol–water partition coefficient (Wildman–Crippen LogP) is 5.25. The van der Waals surface area contributed by atoms with Crippen molar-refractivity contribution in [3.63, 3.8) is 0 Å². The topological polar surface area (TPSA) is 71.0 Å². The molecule has 0 spiro atoms. The number of benzene rings is 1. The number of carbonyl (C=O) groups is 2. The number of allylic oxidation sites excluding steroid dienone is 1. The molecule has 0 radical (unpaired) electrons. The van der Waals surface area contributed by atoms with Crippen LogP contribution in [0.15, 0.2) is 63.1 Å². The second-order valence-corrected chi connectivity index (χ2v) is 10.2. The molecule has 2 aliphatic heterocycles. The minimum atomic E-state index is -0.393. The van der Waals surface area contributed by atoms with Crippen LogP contribution in [0.25, 0.3) is 0 Å². The molecule has 0 unspecified atom stereocenters. The maximum absolute atomic E-state index is 13.0. The average molecular weight is 496 g/mol. The maximum atomic E-state index is 13.0. The van der Waals surface area contributed by atoms with E-state index < -0.39 is 6.04 Å². The number of nitrogens with one attached hydrogen (secondary N) is 1. The van der Waals surface area contributed by atoms with E-state index in [-0.39, 0.29) is 18.3 Å². The van der Waals surface area contributed by atoms with E-state index in [2.05, 4.69) is 43.4 Å². The second kappa shape index (κ2) is 10.6. The molecule has 6 nitrogen and oxygen atoms in total. The molecule has 2 aromatic rings. The number of carbonyl (C=O) groups excluding carboxylic acids is 2. The number of amides is 1. The molecule has 2 aliphatic rings. The van der Waals surface area contributed by atoms with Gasteiger partial charge in [0.05, 0.1) is 30.8 Å². The Hall–Kier alpha value is -2.84. The summed E-state index contributed by atoms with van der Waals surface area (Å²) >= 11 is 3.19. The van der Waals surface area contributed by atoms with Crippen molar-refractivity contribution in [1.82, 2.24) is 10.2 Å². The van der Waals surface area contributed by atoms with Crippen LogP contribution in [0.2, 0.25) is 0 Å². The van der Waals surface area contributed by atoms with Crippen molar-refractivity contribution in [1.29, 1.82) is 0 Å². The van der Waals surface area contributed by atoms with Gasteiger partial charge in [0.15, 0.2) is 5.17 Å². The van der Waals surface area contributed by atoms with Gasteiger partial charge in [-0.05, 0) is 54.7 Å². The molecule has 0 aliphatic carbocycles. The lowest BCUT2D eigenvalue weighted by Crippen LogP contribution is -2.38. The summed E-state index contributed by atoms with van der Waals surface area (Å²) in [5.74, 6) is -0.435. The van der Waals surface area contributed by atoms with Crippen LogP contribution in [0.3, 0.4) is 0 Å². The standard InChI is InChI=1S/C26H29N3O3S2/c1-5-21-23(25(31)32-4)24(20-9-8-16(2)13-17(20)3)29-18(15-34-26(29)28-21)14-22(30)27-11-10-19-7-6-12-33-19/h6-9,12-13,15,24H,5,10-11,14H2,1-4H3,(H,27,30)/t24-/m1/s1. The van der Waals surface area contributed by atoms with Gasteiger partial charge < -0.3 is 15.0 Å². The first kappa shape index (κ1) is 24.3. The fourth-order valence-electron chi connectivity index (χ4n) is 4.35. The number of thiophene rings is 1. The molecule has 34 heavy (non-hydrogen) atoms. The number of fused-ring (bicyclic) bond motifs is 1. The molecule has 1 aromatic carbocycles. The summed E-state index contributed by atoms with van der Waals surface area (Å²) < 4.78 is 5.19. The normalized spacial score (nSPS) is 17.3. The predicted molar refractivity (Wildman–Crippen MR) is 139 cm³/mol. The number of amidine groups is 1. The van der Waals surface area contributed by atoms with Crippen molar-refractivity contribution >= 4 is 40.1 Å². The SMILES string of the molecule is CCC1=C(C(=O)OC)[C@@H](c2ccc(C)cc2C)N2C(CC(=O)NCCc3cccs3)=CSC2=N1. The van der Waals surface area contributed by atoms with Gasteiger partial charge in [-0.1, -0.05) is 48.5 Å². The molecule has 0 bridgehead atoms. The molecule has 1 N–H and O–H groups in total. The summed E-state index contributed by atoms with van der Waals surface area (Å²) in [5, 5.41) is 7.83. The van der Waals surface area contributed by atoms with Crippen molar-refractivity contribution in [3.05, 3.63) is 79.7 Å². The molecular formula is C26H29N3O3S2. The van der Waals surface area contributed by atoms with Crippen molar-refractivity contribution in [2.75, 3.05) is 13.7 Å².